The van der Waals surface area contributed by atoms with E-state index in [9.17, 15) is 4.79 Å². The van der Waals surface area contributed by atoms with Crippen molar-refractivity contribution >= 4 is 23.3 Å². The maximum atomic E-state index is 12.3. The van der Waals surface area contributed by atoms with Crippen LogP contribution in [0.4, 0.5) is 0 Å². The van der Waals surface area contributed by atoms with E-state index in [0.717, 1.165) is 12.1 Å². The van der Waals surface area contributed by atoms with Crippen LogP contribution in [0, 0.1) is 12.3 Å². The number of likely N-dealkylation sites (N-methyl/N-ethyl adjacent to an activating group) is 1. The molecule has 4 nitrogen and oxygen atoms in total. The Bertz CT molecular complexity index is 528. The van der Waals surface area contributed by atoms with E-state index in [0.29, 0.717) is 24.0 Å². The summed E-state index contributed by atoms with van der Waals surface area (Å²) < 4.78 is 0. The van der Waals surface area contributed by atoms with Crippen LogP contribution < -0.4 is 0 Å². The van der Waals surface area contributed by atoms with Crippen molar-refractivity contribution in [1.82, 2.24) is 9.80 Å². The predicted octanol–water partition coefficient (Wildman–Crippen LogP) is 2.96. The monoisotopic (exact) mass is 307 g/mol. The van der Waals surface area contributed by atoms with E-state index in [1.165, 1.54) is 0 Å². The summed E-state index contributed by atoms with van der Waals surface area (Å²) in [4.78, 5) is 20.3. The van der Waals surface area contributed by atoms with E-state index < -0.39 is 0 Å². The number of piperazine rings is 1. The number of aliphatic imine (C=N–C) groups is 1. The summed E-state index contributed by atoms with van der Waals surface area (Å²) in [5.41, 5.74) is 0.748. The van der Waals surface area contributed by atoms with Crippen molar-refractivity contribution in [3.8, 4) is 12.3 Å². The second kappa shape index (κ2) is 7.90. The molecule has 0 aromatic heterocycles. The van der Waals surface area contributed by atoms with Crippen LogP contribution >= 0.6 is 11.6 Å². The minimum absolute atomic E-state index is 0.0228. The molecule has 1 atom stereocenters. The summed E-state index contributed by atoms with van der Waals surface area (Å²) in [5.74, 6) is 3.32. The maximum absolute atomic E-state index is 12.3. The number of amidine groups is 1. The van der Waals surface area contributed by atoms with Gasteiger partial charge < -0.3 is 9.80 Å². The minimum Gasteiger partial charge on any atom is -0.342 e. The third-order valence-electron chi connectivity index (χ3n) is 3.37. The molecule has 0 radical (unpaired) electrons. The van der Waals surface area contributed by atoms with Crippen LogP contribution in [0.2, 0.25) is 0 Å². The molecule has 1 saturated heterocycles. The number of carbonyl (C=O) groups is 1. The third kappa shape index (κ3) is 3.89. The molecule has 1 fully saturated rings. The molecular formula is C16H22ClN3O. The fourth-order valence-corrected chi connectivity index (χ4v) is 2.49. The zero-order valence-electron chi connectivity index (χ0n) is 13.1. The van der Waals surface area contributed by atoms with E-state index in [2.05, 4.69) is 10.9 Å². The van der Waals surface area contributed by atoms with Crippen LogP contribution in [0.3, 0.4) is 0 Å². The SMILES string of the molecule is C#CCCN1C(=NC(Cl)=CCC)C(=CC)N(C)C(=O)C1C. The Hall–Kier alpha value is -1.73. The van der Waals surface area contributed by atoms with Crippen molar-refractivity contribution in [1.29, 1.82) is 0 Å². The molecule has 1 amide bonds. The molecule has 0 aromatic rings. The molecule has 5 heteroatoms. The van der Waals surface area contributed by atoms with Crippen LogP contribution in [-0.2, 0) is 4.79 Å². The quantitative estimate of drug-likeness (QED) is 0.591. The molecule has 0 aliphatic carbocycles. The number of amides is 1. The summed E-state index contributed by atoms with van der Waals surface area (Å²) in [6, 6.07) is -0.308. The molecule has 1 aliphatic rings. The first-order chi connectivity index (χ1) is 9.97. The van der Waals surface area contributed by atoms with Crippen molar-refractivity contribution < 1.29 is 4.79 Å². The largest absolute Gasteiger partial charge is 0.342 e. The summed E-state index contributed by atoms with van der Waals surface area (Å²) in [7, 11) is 1.75. The van der Waals surface area contributed by atoms with Gasteiger partial charge in [0, 0.05) is 20.0 Å². The number of allylic oxidation sites excluding steroid dienone is 2. The number of nitrogens with zero attached hydrogens (tertiary/aromatic N) is 3. The van der Waals surface area contributed by atoms with E-state index in [-0.39, 0.29) is 11.9 Å². The molecule has 1 aliphatic heterocycles. The molecule has 0 saturated carbocycles. The zero-order chi connectivity index (χ0) is 16.0. The highest BCUT2D eigenvalue weighted by Crippen LogP contribution is 2.23. The van der Waals surface area contributed by atoms with Crippen LogP contribution in [0.1, 0.15) is 33.6 Å². The Balaban J connectivity index is 3.30. The Kier molecular flexibility index (Phi) is 6.51. The van der Waals surface area contributed by atoms with Crippen molar-refractivity contribution in [3.63, 3.8) is 0 Å². The average Bonchev–Trinajstić information content (AvgIpc) is 2.45. The van der Waals surface area contributed by atoms with Gasteiger partial charge in [-0.25, -0.2) is 4.99 Å². The van der Waals surface area contributed by atoms with Crippen molar-refractivity contribution in [2.24, 2.45) is 4.99 Å². The molecule has 1 unspecified atom stereocenters. The first kappa shape index (κ1) is 17.3. The maximum Gasteiger partial charge on any atom is 0.249 e. The normalized spacial score (nSPS) is 23.9. The van der Waals surface area contributed by atoms with Gasteiger partial charge in [0.2, 0.25) is 5.91 Å². The van der Waals surface area contributed by atoms with Gasteiger partial charge in [0.15, 0.2) is 5.84 Å². The van der Waals surface area contributed by atoms with Gasteiger partial charge in [-0.2, -0.15) is 0 Å². The second-order valence-corrected chi connectivity index (χ2v) is 5.15. The van der Waals surface area contributed by atoms with Crippen molar-refractivity contribution in [3.05, 3.63) is 23.0 Å². The first-order valence-corrected chi connectivity index (χ1v) is 7.44. The van der Waals surface area contributed by atoms with Gasteiger partial charge in [0.1, 0.15) is 11.2 Å². The van der Waals surface area contributed by atoms with Crippen LogP contribution in [0.15, 0.2) is 28.0 Å². The predicted molar refractivity (Wildman–Crippen MR) is 87.8 cm³/mol. The van der Waals surface area contributed by atoms with Crippen LogP contribution in [0.5, 0.6) is 0 Å². The summed E-state index contributed by atoms with van der Waals surface area (Å²) in [6.45, 7) is 6.30. The summed E-state index contributed by atoms with van der Waals surface area (Å²) >= 11 is 6.14. The Morgan fingerprint density at radius 3 is 2.76 bits per heavy atom. The molecule has 21 heavy (non-hydrogen) atoms. The second-order valence-electron chi connectivity index (χ2n) is 4.77. The lowest BCUT2D eigenvalue weighted by Crippen LogP contribution is -2.56. The number of carbonyl (C=O) groups excluding carboxylic acids is 1. The third-order valence-corrected chi connectivity index (χ3v) is 3.61. The zero-order valence-corrected chi connectivity index (χ0v) is 13.8. The molecule has 114 valence electrons. The number of halogens is 1. The van der Waals surface area contributed by atoms with Gasteiger partial charge in [0.05, 0.1) is 5.70 Å². The Morgan fingerprint density at radius 1 is 1.57 bits per heavy atom. The standard InChI is InChI=1S/C16H22ClN3O/c1-6-9-11-20-12(4)16(21)19(5)13(8-3)15(20)18-14(17)10-7-2/h1,8,10,12H,7,9,11H2,2-5H3. The fourth-order valence-electron chi connectivity index (χ4n) is 2.26. The van der Waals surface area contributed by atoms with Gasteiger partial charge in [-0.05, 0) is 26.3 Å². The molecular weight excluding hydrogens is 286 g/mol. The van der Waals surface area contributed by atoms with Gasteiger partial charge >= 0.3 is 0 Å². The van der Waals surface area contributed by atoms with Gasteiger partial charge in [-0.1, -0.05) is 24.6 Å². The summed E-state index contributed by atoms with van der Waals surface area (Å²) in [5, 5.41) is 0.424. The van der Waals surface area contributed by atoms with Crippen molar-refractivity contribution in [2.45, 2.75) is 39.7 Å². The highest BCUT2D eigenvalue weighted by molar-refractivity contribution is 6.30. The van der Waals surface area contributed by atoms with Crippen LogP contribution in [0.25, 0.3) is 0 Å². The van der Waals surface area contributed by atoms with E-state index in [4.69, 9.17) is 18.0 Å². The molecule has 0 N–H and O–H groups in total. The van der Waals surface area contributed by atoms with Gasteiger partial charge in [-0.3, -0.25) is 4.79 Å². The number of rotatable bonds is 4. The fraction of sp³-hybridized carbons (Fsp3) is 0.500. The highest BCUT2D eigenvalue weighted by Gasteiger charge is 2.36. The molecule has 0 spiro atoms. The van der Waals surface area contributed by atoms with Gasteiger partial charge in [0.25, 0.3) is 0 Å². The smallest absolute Gasteiger partial charge is 0.249 e. The molecule has 1 rings (SSSR count). The van der Waals surface area contributed by atoms with Crippen LogP contribution in [-0.4, -0.2) is 41.2 Å². The number of terminal acetylenes is 1. The lowest BCUT2D eigenvalue weighted by Gasteiger charge is -2.41. The first-order valence-electron chi connectivity index (χ1n) is 7.06. The number of hydrogen-bond donors (Lipinski definition) is 0. The lowest BCUT2D eigenvalue weighted by atomic mass is 10.1. The Morgan fingerprint density at radius 2 is 2.24 bits per heavy atom. The highest BCUT2D eigenvalue weighted by atomic mass is 35.5. The van der Waals surface area contributed by atoms with E-state index in [1.807, 2.05) is 37.8 Å². The average molecular weight is 308 g/mol. The summed E-state index contributed by atoms with van der Waals surface area (Å²) in [6.07, 6.45) is 10.4. The van der Waals surface area contributed by atoms with Gasteiger partial charge in [-0.15, -0.1) is 12.3 Å². The molecule has 1 heterocycles. The lowest BCUT2D eigenvalue weighted by molar-refractivity contribution is -0.133. The Labute approximate surface area is 132 Å². The minimum atomic E-state index is -0.308. The molecule has 0 aromatic carbocycles. The van der Waals surface area contributed by atoms with E-state index in [1.54, 1.807) is 11.9 Å². The van der Waals surface area contributed by atoms with E-state index >= 15 is 0 Å². The number of hydrogen-bond acceptors (Lipinski definition) is 2. The topological polar surface area (TPSA) is 35.9 Å². The molecule has 0 bridgehead atoms. The van der Waals surface area contributed by atoms with Crippen molar-refractivity contribution in [2.75, 3.05) is 13.6 Å².